The van der Waals surface area contributed by atoms with E-state index in [1.807, 2.05) is 35.0 Å². The molecule has 0 spiro atoms. The number of nitrogens with zero attached hydrogens (tertiary/aromatic N) is 2. The van der Waals surface area contributed by atoms with Crippen molar-refractivity contribution in [2.75, 3.05) is 6.54 Å². The van der Waals surface area contributed by atoms with Crippen LogP contribution in [0, 0.1) is 0 Å². The lowest BCUT2D eigenvalue weighted by molar-refractivity contribution is 0.0926. The van der Waals surface area contributed by atoms with Crippen molar-refractivity contribution in [3.8, 4) is 0 Å². The number of pyridine rings is 1. The van der Waals surface area contributed by atoms with Gasteiger partial charge in [0.25, 0.3) is 5.91 Å². The quantitative estimate of drug-likeness (QED) is 0.774. The molecule has 19 heavy (non-hydrogen) atoms. The molecule has 0 saturated heterocycles. The van der Waals surface area contributed by atoms with E-state index in [0.29, 0.717) is 18.7 Å². The summed E-state index contributed by atoms with van der Waals surface area (Å²) in [6, 6.07) is 9.26. The second-order valence-electron chi connectivity index (χ2n) is 4.15. The molecule has 0 aliphatic heterocycles. The van der Waals surface area contributed by atoms with Crippen LogP contribution < -0.4 is 5.32 Å². The first-order valence-electron chi connectivity index (χ1n) is 6.07. The molecule has 5 nitrogen and oxygen atoms in total. The molecule has 96 valence electrons. The van der Waals surface area contributed by atoms with Crippen LogP contribution in [0.4, 0.5) is 0 Å². The van der Waals surface area contributed by atoms with E-state index in [0.717, 1.165) is 11.3 Å². The number of aromatic nitrogens is 2. The fourth-order valence-corrected chi connectivity index (χ4v) is 1.97. The Balaban J connectivity index is 1.62. The molecule has 3 rings (SSSR count). The molecule has 1 N–H and O–H groups in total. The molecular weight excluding hydrogens is 242 g/mol. The summed E-state index contributed by atoms with van der Waals surface area (Å²) in [7, 11) is 0. The monoisotopic (exact) mass is 255 g/mol. The number of carbonyl (C=O) groups excluding carboxylic acids is 1. The molecule has 3 heterocycles. The topological polar surface area (TPSA) is 59.5 Å². The van der Waals surface area contributed by atoms with Gasteiger partial charge in [0.05, 0.1) is 18.0 Å². The molecule has 0 atom stereocenters. The van der Waals surface area contributed by atoms with Crippen molar-refractivity contribution in [1.29, 1.82) is 0 Å². The summed E-state index contributed by atoms with van der Waals surface area (Å²) in [5, 5.41) is 2.80. The second kappa shape index (κ2) is 4.97. The number of hydrogen-bond donors (Lipinski definition) is 1. The molecule has 5 heteroatoms. The van der Waals surface area contributed by atoms with E-state index in [9.17, 15) is 4.79 Å². The van der Waals surface area contributed by atoms with Crippen molar-refractivity contribution in [2.24, 2.45) is 0 Å². The predicted octanol–water partition coefficient (Wildman–Crippen LogP) is 1.90. The summed E-state index contributed by atoms with van der Waals surface area (Å²) < 4.78 is 7.03. The van der Waals surface area contributed by atoms with Gasteiger partial charge in [0.2, 0.25) is 0 Å². The first-order valence-corrected chi connectivity index (χ1v) is 6.07. The standard InChI is InChI=1S/C14H13N3O2/c18-14(12-5-3-9-19-12)15-7-6-13-16-10-11-4-1-2-8-17(11)13/h1-5,8-10H,6-7H2,(H,15,18). The van der Waals surface area contributed by atoms with Crippen LogP contribution in [0.3, 0.4) is 0 Å². The summed E-state index contributed by atoms with van der Waals surface area (Å²) in [5.41, 5.74) is 1.05. The molecule has 3 aromatic rings. The van der Waals surface area contributed by atoms with E-state index in [4.69, 9.17) is 4.42 Å². The maximum atomic E-state index is 11.7. The van der Waals surface area contributed by atoms with Crippen molar-refractivity contribution in [1.82, 2.24) is 14.7 Å². The van der Waals surface area contributed by atoms with Gasteiger partial charge in [-0.25, -0.2) is 4.98 Å². The minimum atomic E-state index is -0.203. The summed E-state index contributed by atoms with van der Waals surface area (Å²) in [6.45, 7) is 0.521. The molecule has 3 aromatic heterocycles. The third kappa shape index (κ3) is 2.35. The van der Waals surface area contributed by atoms with Gasteiger partial charge in [-0.3, -0.25) is 4.79 Å². The molecule has 0 radical (unpaired) electrons. The van der Waals surface area contributed by atoms with E-state index in [-0.39, 0.29) is 5.91 Å². The summed E-state index contributed by atoms with van der Waals surface area (Å²) in [5.74, 6) is 1.05. The number of carbonyl (C=O) groups is 1. The van der Waals surface area contributed by atoms with Crippen LogP contribution >= 0.6 is 0 Å². The highest BCUT2D eigenvalue weighted by Crippen LogP contribution is 2.06. The molecule has 0 bridgehead atoms. The van der Waals surface area contributed by atoms with Crippen LogP contribution in [0.15, 0.2) is 53.4 Å². The Morgan fingerprint density at radius 1 is 1.32 bits per heavy atom. The van der Waals surface area contributed by atoms with Crippen molar-refractivity contribution in [3.05, 3.63) is 60.6 Å². The van der Waals surface area contributed by atoms with Crippen molar-refractivity contribution >= 4 is 11.4 Å². The molecule has 0 saturated carbocycles. The van der Waals surface area contributed by atoms with Gasteiger partial charge in [0.15, 0.2) is 5.76 Å². The average molecular weight is 255 g/mol. The number of furan rings is 1. The largest absolute Gasteiger partial charge is 0.459 e. The molecular formula is C14H13N3O2. The van der Waals surface area contributed by atoms with Gasteiger partial charge in [-0.05, 0) is 24.3 Å². The lowest BCUT2D eigenvalue weighted by Gasteiger charge is -2.03. The number of rotatable bonds is 4. The maximum absolute atomic E-state index is 11.7. The van der Waals surface area contributed by atoms with Crippen LogP contribution in [0.1, 0.15) is 16.4 Å². The Hall–Kier alpha value is -2.56. The first-order chi connectivity index (χ1) is 9.34. The lowest BCUT2D eigenvalue weighted by Crippen LogP contribution is -2.25. The highest BCUT2D eigenvalue weighted by atomic mass is 16.3. The van der Waals surface area contributed by atoms with Crippen LogP contribution in [-0.2, 0) is 6.42 Å². The first kappa shape index (κ1) is 11.5. The Bertz CT molecular complexity index is 686. The zero-order valence-corrected chi connectivity index (χ0v) is 10.2. The SMILES string of the molecule is O=C(NCCc1ncc2ccccn12)c1ccco1. The van der Waals surface area contributed by atoms with Crippen molar-refractivity contribution in [2.45, 2.75) is 6.42 Å². The van der Waals surface area contributed by atoms with Gasteiger partial charge in [-0.2, -0.15) is 0 Å². The molecule has 0 aromatic carbocycles. The van der Waals surface area contributed by atoms with E-state index >= 15 is 0 Å². The normalized spacial score (nSPS) is 10.7. The molecule has 0 fully saturated rings. The Labute approximate surface area is 109 Å². The zero-order chi connectivity index (χ0) is 13.1. The Kier molecular flexibility index (Phi) is 3.02. The van der Waals surface area contributed by atoms with Crippen LogP contribution in [-0.4, -0.2) is 21.8 Å². The van der Waals surface area contributed by atoms with E-state index in [1.54, 1.807) is 12.1 Å². The third-order valence-corrected chi connectivity index (χ3v) is 2.89. The number of hydrogen-bond acceptors (Lipinski definition) is 3. The zero-order valence-electron chi connectivity index (χ0n) is 10.2. The smallest absolute Gasteiger partial charge is 0.286 e. The highest BCUT2D eigenvalue weighted by Gasteiger charge is 2.08. The lowest BCUT2D eigenvalue weighted by atomic mass is 10.3. The minimum Gasteiger partial charge on any atom is -0.459 e. The number of imidazole rings is 1. The molecule has 1 amide bonds. The Morgan fingerprint density at radius 3 is 3.11 bits per heavy atom. The molecule has 0 aliphatic rings. The van der Waals surface area contributed by atoms with E-state index < -0.39 is 0 Å². The van der Waals surface area contributed by atoms with Gasteiger partial charge < -0.3 is 14.1 Å². The van der Waals surface area contributed by atoms with Gasteiger partial charge in [-0.1, -0.05) is 6.07 Å². The summed E-state index contributed by atoms with van der Waals surface area (Å²) >= 11 is 0. The fraction of sp³-hybridized carbons (Fsp3) is 0.143. The predicted molar refractivity (Wildman–Crippen MR) is 69.9 cm³/mol. The van der Waals surface area contributed by atoms with Crippen molar-refractivity contribution < 1.29 is 9.21 Å². The molecule has 0 unspecified atom stereocenters. The van der Waals surface area contributed by atoms with Gasteiger partial charge in [0.1, 0.15) is 5.82 Å². The minimum absolute atomic E-state index is 0.203. The van der Waals surface area contributed by atoms with Crippen LogP contribution in [0.2, 0.25) is 0 Å². The molecule has 0 aliphatic carbocycles. The van der Waals surface area contributed by atoms with Gasteiger partial charge >= 0.3 is 0 Å². The van der Waals surface area contributed by atoms with Gasteiger partial charge in [-0.15, -0.1) is 0 Å². The van der Waals surface area contributed by atoms with E-state index in [2.05, 4.69) is 10.3 Å². The van der Waals surface area contributed by atoms with Crippen molar-refractivity contribution in [3.63, 3.8) is 0 Å². The third-order valence-electron chi connectivity index (χ3n) is 2.89. The van der Waals surface area contributed by atoms with Crippen LogP contribution in [0.5, 0.6) is 0 Å². The second-order valence-corrected chi connectivity index (χ2v) is 4.15. The van der Waals surface area contributed by atoms with Gasteiger partial charge in [0, 0.05) is 19.2 Å². The number of amides is 1. The summed E-state index contributed by atoms with van der Waals surface area (Å²) in [4.78, 5) is 16.0. The highest BCUT2D eigenvalue weighted by molar-refractivity contribution is 5.91. The van der Waals surface area contributed by atoms with Crippen LogP contribution in [0.25, 0.3) is 5.52 Å². The maximum Gasteiger partial charge on any atom is 0.286 e. The Morgan fingerprint density at radius 2 is 2.26 bits per heavy atom. The number of nitrogens with one attached hydrogen (secondary N) is 1. The summed E-state index contributed by atoms with van der Waals surface area (Å²) in [6.07, 6.45) is 5.94. The fourth-order valence-electron chi connectivity index (χ4n) is 1.97. The van der Waals surface area contributed by atoms with E-state index in [1.165, 1.54) is 6.26 Å². The number of fused-ring (bicyclic) bond motifs is 1. The average Bonchev–Trinajstić information content (AvgIpc) is 3.08.